The van der Waals surface area contributed by atoms with Gasteiger partial charge in [-0.2, -0.15) is 0 Å². The lowest BCUT2D eigenvalue weighted by Gasteiger charge is -2.29. The average molecular weight is 388 g/mol. The Morgan fingerprint density at radius 2 is 2.00 bits per heavy atom. The highest BCUT2D eigenvalue weighted by Gasteiger charge is 2.37. The first-order valence-corrected chi connectivity index (χ1v) is 10.9. The number of fused-ring (bicyclic) bond motifs is 1. The van der Waals surface area contributed by atoms with E-state index in [9.17, 15) is 4.79 Å². The number of hydrogen-bond acceptors (Lipinski definition) is 4. The van der Waals surface area contributed by atoms with Crippen molar-refractivity contribution in [3.8, 4) is 0 Å². The van der Waals surface area contributed by atoms with Crippen molar-refractivity contribution in [2.24, 2.45) is 11.8 Å². The molecule has 1 aromatic heterocycles. The highest BCUT2D eigenvalue weighted by atomic mass is 16.5. The maximum Gasteiger partial charge on any atom is 0.286 e. The van der Waals surface area contributed by atoms with E-state index >= 15 is 0 Å². The van der Waals surface area contributed by atoms with Gasteiger partial charge in [-0.05, 0) is 82.4 Å². The number of furan rings is 1. The Labute approximate surface area is 167 Å². The zero-order valence-electron chi connectivity index (χ0n) is 17.1. The first kappa shape index (κ1) is 19.6. The Balaban J connectivity index is 1.17. The van der Waals surface area contributed by atoms with Crippen LogP contribution in [0.15, 0.2) is 28.4 Å². The maximum absolute atomic E-state index is 12.5. The fraction of sp³-hybridized carbons (Fsp3) is 0.696. The van der Waals surface area contributed by atoms with E-state index in [4.69, 9.17) is 13.9 Å². The van der Waals surface area contributed by atoms with Crippen LogP contribution in [-0.4, -0.2) is 31.8 Å². The van der Waals surface area contributed by atoms with E-state index in [1.54, 1.807) is 7.11 Å². The summed E-state index contributed by atoms with van der Waals surface area (Å²) in [5.41, 5.74) is 0. The number of aryl methyl sites for hydroxylation is 1. The van der Waals surface area contributed by atoms with Gasteiger partial charge in [0.05, 0.1) is 6.10 Å². The number of rotatable bonds is 6. The molecule has 2 aliphatic carbocycles. The minimum Gasteiger partial charge on any atom is -0.484 e. The summed E-state index contributed by atoms with van der Waals surface area (Å²) in [5, 5.41) is 3.07. The molecule has 1 aromatic rings. The molecule has 0 bridgehead atoms. The molecule has 2 heterocycles. The van der Waals surface area contributed by atoms with Gasteiger partial charge < -0.3 is 19.2 Å². The Morgan fingerprint density at radius 3 is 2.71 bits per heavy atom. The predicted octanol–water partition coefficient (Wildman–Crippen LogP) is 4.47. The summed E-state index contributed by atoms with van der Waals surface area (Å²) in [6.07, 6.45) is 11.2. The third-order valence-corrected chi connectivity index (χ3v) is 6.84. The number of amides is 1. The van der Waals surface area contributed by atoms with Crippen molar-refractivity contribution in [2.45, 2.75) is 76.4 Å². The zero-order chi connectivity index (χ0) is 19.5. The highest BCUT2D eigenvalue weighted by molar-refractivity contribution is 5.91. The van der Waals surface area contributed by atoms with Crippen LogP contribution in [0.4, 0.5) is 0 Å². The van der Waals surface area contributed by atoms with E-state index < -0.39 is 0 Å². The van der Waals surface area contributed by atoms with Gasteiger partial charge in [0, 0.05) is 25.5 Å². The first-order valence-electron chi connectivity index (χ1n) is 10.9. The summed E-state index contributed by atoms with van der Waals surface area (Å²) in [6, 6.07) is 4.19. The Bertz CT molecular complexity index is 701. The fourth-order valence-electron chi connectivity index (χ4n) is 5.08. The molecule has 2 saturated carbocycles. The van der Waals surface area contributed by atoms with Crippen LogP contribution in [0.2, 0.25) is 0 Å². The fourth-order valence-corrected chi connectivity index (χ4v) is 5.08. The molecule has 3 aliphatic rings. The van der Waals surface area contributed by atoms with Gasteiger partial charge in [-0.1, -0.05) is 0 Å². The summed E-state index contributed by atoms with van der Waals surface area (Å²) >= 11 is 0. The second kappa shape index (κ2) is 8.73. The molecule has 2 fully saturated rings. The van der Waals surface area contributed by atoms with E-state index in [1.165, 1.54) is 25.7 Å². The molecule has 1 amide bonds. The number of nitrogens with one attached hydrogen (secondary N) is 1. The molecule has 0 saturated heterocycles. The van der Waals surface area contributed by atoms with Crippen LogP contribution < -0.4 is 5.32 Å². The van der Waals surface area contributed by atoms with Crippen molar-refractivity contribution in [3.05, 3.63) is 35.5 Å². The van der Waals surface area contributed by atoms with Gasteiger partial charge in [-0.15, -0.1) is 0 Å². The van der Waals surface area contributed by atoms with Gasteiger partial charge in [0.1, 0.15) is 17.6 Å². The Kier molecular flexibility index (Phi) is 6.10. The summed E-state index contributed by atoms with van der Waals surface area (Å²) in [6.45, 7) is 2.73. The normalized spacial score (nSPS) is 32.4. The van der Waals surface area contributed by atoms with Gasteiger partial charge in [-0.3, -0.25) is 4.79 Å². The van der Waals surface area contributed by atoms with Crippen molar-refractivity contribution in [2.75, 3.05) is 13.7 Å². The second-order valence-corrected chi connectivity index (χ2v) is 8.73. The molecule has 154 valence electrons. The number of ether oxygens (including phenoxy) is 2. The minimum absolute atomic E-state index is 0.0527. The standard InChI is InChI=1S/C23H33NO4/c1-15-3-9-20(27-15)17-6-4-16(5-7-17)11-12-24-23(25)22-14-18-13-19(26-2)8-10-21(18)28-22/h3,9,14,16-19,21H,4-8,10-13H2,1-2H3,(H,24,25). The number of methoxy groups -OCH3 is 1. The molecule has 28 heavy (non-hydrogen) atoms. The predicted molar refractivity (Wildman–Crippen MR) is 107 cm³/mol. The van der Waals surface area contributed by atoms with E-state index in [-0.39, 0.29) is 12.0 Å². The SMILES string of the molecule is COC1CCC2OC(C(=O)NCCC3CCC(c4ccc(C)o4)CC3)=CC2C1. The maximum atomic E-state index is 12.5. The summed E-state index contributed by atoms with van der Waals surface area (Å²) in [4.78, 5) is 12.5. The van der Waals surface area contributed by atoms with E-state index in [2.05, 4.69) is 17.4 Å². The van der Waals surface area contributed by atoms with Crippen molar-refractivity contribution < 1.29 is 18.7 Å². The summed E-state index contributed by atoms with van der Waals surface area (Å²) < 4.78 is 17.2. The van der Waals surface area contributed by atoms with Gasteiger partial charge in [-0.25, -0.2) is 0 Å². The molecule has 5 heteroatoms. The first-order chi connectivity index (χ1) is 13.6. The Morgan fingerprint density at radius 1 is 1.18 bits per heavy atom. The molecule has 0 spiro atoms. The van der Waals surface area contributed by atoms with Gasteiger partial charge >= 0.3 is 0 Å². The van der Waals surface area contributed by atoms with Crippen molar-refractivity contribution >= 4 is 5.91 Å². The lowest BCUT2D eigenvalue weighted by atomic mass is 9.79. The quantitative estimate of drug-likeness (QED) is 0.782. The third-order valence-electron chi connectivity index (χ3n) is 6.84. The molecule has 4 rings (SSSR count). The molecule has 5 nitrogen and oxygen atoms in total. The van der Waals surface area contributed by atoms with Crippen LogP contribution in [0.1, 0.15) is 68.8 Å². The van der Waals surface area contributed by atoms with E-state index in [0.717, 1.165) is 43.7 Å². The van der Waals surface area contributed by atoms with Crippen LogP contribution in [0.25, 0.3) is 0 Å². The van der Waals surface area contributed by atoms with Crippen LogP contribution in [0.3, 0.4) is 0 Å². The highest BCUT2D eigenvalue weighted by Crippen LogP contribution is 2.38. The number of carbonyl (C=O) groups is 1. The Hall–Kier alpha value is -1.75. The van der Waals surface area contributed by atoms with Crippen molar-refractivity contribution in [1.82, 2.24) is 5.32 Å². The molecule has 0 aromatic carbocycles. The molecule has 1 N–H and O–H groups in total. The topological polar surface area (TPSA) is 60.7 Å². The molecule has 3 atom stereocenters. The zero-order valence-corrected chi connectivity index (χ0v) is 17.1. The molecule has 1 aliphatic heterocycles. The number of carbonyl (C=O) groups excluding carboxylic acids is 1. The van der Waals surface area contributed by atoms with Gasteiger partial charge in [0.15, 0.2) is 5.76 Å². The van der Waals surface area contributed by atoms with Gasteiger partial charge in [0.25, 0.3) is 5.91 Å². The molecular formula is C23H33NO4. The summed E-state index contributed by atoms with van der Waals surface area (Å²) in [5.74, 6) is 4.19. The monoisotopic (exact) mass is 387 g/mol. The van der Waals surface area contributed by atoms with E-state index in [1.807, 2.05) is 13.0 Å². The van der Waals surface area contributed by atoms with Crippen molar-refractivity contribution in [3.63, 3.8) is 0 Å². The van der Waals surface area contributed by atoms with Crippen LogP contribution in [0.5, 0.6) is 0 Å². The molecule has 0 radical (unpaired) electrons. The lowest BCUT2D eigenvalue weighted by molar-refractivity contribution is -0.121. The van der Waals surface area contributed by atoms with Crippen LogP contribution >= 0.6 is 0 Å². The second-order valence-electron chi connectivity index (χ2n) is 8.73. The molecule has 3 unspecified atom stereocenters. The van der Waals surface area contributed by atoms with Crippen molar-refractivity contribution in [1.29, 1.82) is 0 Å². The van der Waals surface area contributed by atoms with E-state index in [0.29, 0.717) is 29.6 Å². The average Bonchev–Trinajstić information content (AvgIpc) is 3.34. The van der Waals surface area contributed by atoms with Crippen LogP contribution in [-0.2, 0) is 14.3 Å². The minimum atomic E-state index is -0.0527. The van der Waals surface area contributed by atoms with Crippen LogP contribution in [0, 0.1) is 18.8 Å². The van der Waals surface area contributed by atoms with Gasteiger partial charge in [0.2, 0.25) is 0 Å². The molecular weight excluding hydrogens is 354 g/mol. The lowest BCUT2D eigenvalue weighted by Crippen LogP contribution is -2.31. The summed E-state index contributed by atoms with van der Waals surface area (Å²) in [7, 11) is 1.77. The smallest absolute Gasteiger partial charge is 0.286 e. The largest absolute Gasteiger partial charge is 0.484 e. The third kappa shape index (κ3) is 4.45. The number of hydrogen-bond donors (Lipinski definition) is 1.